The van der Waals surface area contributed by atoms with Gasteiger partial charge in [0.25, 0.3) is 0 Å². The average molecular weight is 304 g/mol. The lowest BCUT2D eigenvalue weighted by molar-refractivity contribution is -0.128. The SMILES string of the molecule is Cc1ccc(NC(=O)C2CC(=O)N(CCCN(C)C)C2)nc1. The van der Waals surface area contributed by atoms with E-state index in [1.165, 1.54) is 0 Å². The second-order valence-corrected chi connectivity index (χ2v) is 6.11. The van der Waals surface area contributed by atoms with Gasteiger partial charge in [-0.15, -0.1) is 0 Å². The Morgan fingerprint density at radius 3 is 2.86 bits per heavy atom. The number of nitrogens with one attached hydrogen (secondary N) is 1. The summed E-state index contributed by atoms with van der Waals surface area (Å²) in [7, 11) is 4.02. The molecule has 0 spiro atoms. The molecule has 1 aliphatic rings. The fraction of sp³-hybridized carbons (Fsp3) is 0.562. The van der Waals surface area contributed by atoms with Crippen LogP contribution in [-0.4, -0.2) is 60.3 Å². The van der Waals surface area contributed by atoms with Crippen molar-refractivity contribution in [1.82, 2.24) is 14.8 Å². The van der Waals surface area contributed by atoms with Gasteiger partial charge in [-0.05, 0) is 45.6 Å². The number of carbonyl (C=O) groups excluding carboxylic acids is 2. The van der Waals surface area contributed by atoms with Crippen LogP contribution in [0.4, 0.5) is 5.82 Å². The van der Waals surface area contributed by atoms with Crippen molar-refractivity contribution >= 4 is 17.6 Å². The van der Waals surface area contributed by atoms with Gasteiger partial charge in [-0.25, -0.2) is 4.98 Å². The van der Waals surface area contributed by atoms with Crippen LogP contribution in [0.15, 0.2) is 18.3 Å². The topological polar surface area (TPSA) is 65.5 Å². The predicted molar refractivity (Wildman–Crippen MR) is 85.5 cm³/mol. The van der Waals surface area contributed by atoms with Crippen LogP contribution in [0.1, 0.15) is 18.4 Å². The van der Waals surface area contributed by atoms with E-state index in [2.05, 4.69) is 15.2 Å². The smallest absolute Gasteiger partial charge is 0.230 e. The zero-order valence-corrected chi connectivity index (χ0v) is 13.5. The molecule has 0 saturated carbocycles. The highest BCUT2D eigenvalue weighted by atomic mass is 16.2. The maximum absolute atomic E-state index is 12.2. The summed E-state index contributed by atoms with van der Waals surface area (Å²) in [4.78, 5) is 32.3. The highest BCUT2D eigenvalue weighted by Crippen LogP contribution is 2.19. The van der Waals surface area contributed by atoms with Crippen molar-refractivity contribution in [3.05, 3.63) is 23.9 Å². The van der Waals surface area contributed by atoms with Crippen molar-refractivity contribution in [1.29, 1.82) is 0 Å². The molecule has 2 heterocycles. The molecule has 6 nitrogen and oxygen atoms in total. The van der Waals surface area contributed by atoms with E-state index in [9.17, 15) is 9.59 Å². The second-order valence-electron chi connectivity index (χ2n) is 6.11. The summed E-state index contributed by atoms with van der Waals surface area (Å²) in [6.07, 6.45) is 2.93. The highest BCUT2D eigenvalue weighted by Gasteiger charge is 2.34. The fourth-order valence-electron chi connectivity index (χ4n) is 2.51. The largest absolute Gasteiger partial charge is 0.342 e. The molecule has 0 aliphatic carbocycles. The zero-order chi connectivity index (χ0) is 16.1. The maximum Gasteiger partial charge on any atom is 0.230 e. The molecule has 2 amide bonds. The molecule has 0 radical (unpaired) electrons. The molecule has 2 rings (SSSR count). The molecule has 22 heavy (non-hydrogen) atoms. The predicted octanol–water partition coefficient (Wildman–Crippen LogP) is 1.13. The van der Waals surface area contributed by atoms with Gasteiger partial charge in [0.2, 0.25) is 11.8 Å². The Kier molecular flexibility index (Phi) is 5.49. The third kappa shape index (κ3) is 4.53. The number of carbonyl (C=O) groups is 2. The Bertz CT molecular complexity index is 527. The number of likely N-dealkylation sites (tertiary alicyclic amines) is 1. The van der Waals surface area contributed by atoms with Gasteiger partial charge in [-0.1, -0.05) is 6.07 Å². The number of pyridine rings is 1. The standard InChI is InChI=1S/C16H24N4O2/c1-12-5-6-14(17-10-12)18-16(22)13-9-15(21)20(11-13)8-4-7-19(2)3/h5-6,10,13H,4,7-9,11H2,1-3H3,(H,17,18,22). The van der Waals surface area contributed by atoms with Gasteiger partial charge in [-0.2, -0.15) is 0 Å². The van der Waals surface area contributed by atoms with Crippen LogP contribution in [-0.2, 0) is 9.59 Å². The monoisotopic (exact) mass is 304 g/mol. The lowest BCUT2D eigenvalue weighted by atomic mass is 10.1. The van der Waals surface area contributed by atoms with Crippen LogP contribution in [0.5, 0.6) is 0 Å². The summed E-state index contributed by atoms with van der Waals surface area (Å²) in [5, 5.41) is 2.79. The number of hydrogen-bond donors (Lipinski definition) is 1. The number of nitrogens with zero attached hydrogens (tertiary/aromatic N) is 3. The molecule has 0 aromatic carbocycles. The van der Waals surface area contributed by atoms with Crippen LogP contribution >= 0.6 is 0 Å². The van der Waals surface area contributed by atoms with Gasteiger partial charge in [0.15, 0.2) is 0 Å². The number of aryl methyl sites for hydroxylation is 1. The van der Waals surface area contributed by atoms with Crippen molar-refractivity contribution in [3.63, 3.8) is 0 Å². The van der Waals surface area contributed by atoms with Crippen molar-refractivity contribution in [2.75, 3.05) is 39.0 Å². The molecule has 120 valence electrons. The minimum absolute atomic E-state index is 0.0655. The lowest BCUT2D eigenvalue weighted by Gasteiger charge is -2.18. The Balaban J connectivity index is 1.84. The molecule has 1 N–H and O–H groups in total. The van der Waals surface area contributed by atoms with E-state index in [-0.39, 0.29) is 17.7 Å². The molecule has 6 heteroatoms. The molecule has 1 aromatic rings. The maximum atomic E-state index is 12.2. The third-order valence-corrected chi connectivity index (χ3v) is 3.78. The van der Waals surface area contributed by atoms with E-state index in [1.54, 1.807) is 17.2 Å². The Hall–Kier alpha value is -1.95. The van der Waals surface area contributed by atoms with E-state index in [0.29, 0.717) is 25.3 Å². The van der Waals surface area contributed by atoms with Crippen molar-refractivity contribution in [2.24, 2.45) is 5.92 Å². The first-order valence-corrected chi connectivity index (χ1v) is 7.61. The Morgan fingerprint density at radius 1 is 1.45 bits per heavy atom. The Labute approximate surface area is 131 Å². The number of anilines is 1. The minimum Gasteiger partial charge on any atom is -0.342 e. The van der Waals surface area contributed by atoms with Gasteiger partial charge >= 0.3 is 0 Å². The average Bonchev–Trinajstić information content (AvgIpc) is 2.83. The van der Waals surface area contributed by atoms with Crippen LogP contribution in [0.25, 0.3) is 0 Å². The number of hydrogen-bond acceptors (Lipinski definition) is 4. The van der Waals surface area contributed by atoms with Gasteiger partial charge in [0.05, 0.1) is 5.92 Å². The molecule has 0 bridgehead atoms. The van der Waals surface area contributed by atoms with Gasteiger partial charge < -0.3 is 15.1 Å². The molecular weight excluding hydrogens is 280 g/mol. The van der Waals surface area contributed by atoms with E-state index in [0.717, 1.165) is 18.5 Å². The molecule has 1 saturated heterocycles. The third-order valence-electron chi connectivity index (χ3n) is 3.78. The summed E-state index contributed by atoms with van der Waals surface area (Å²) in [6.45, 7) is 4.10. The minimum atomic E-state index is -0.282. The zero-order valence-electron chi connectivity index (χ0n) is 13.5. The number of rotatable bonds is 6. The molecule has 1 aliphatic heterocycles. The molecule has 1 unspecified atom stereocenters. The van der Waals surface area contributed by atoms with E-state index < -0.39 is 0 Å². The Morgan fingerprint density at radius 2 is 2.23 bits per heavy atom. The molecule has 1 atom stereocenters. The van der Waals surface area contributed by atoms with Crippen LogP contribution in [0.2, 0.25) is 0 Å². The van der Waals surface area contributed by atoms with E-state index in [4.69, 9.17) is 0 Å². The summed E-state index contributed by atoms with van der Waals surface area (Å²) in [6, 6.07) is 3.68. The van der Waals surface area contributed by atoms with Crippen molar-refractivity contribution < 1.29 is 9.59 Å². The first-order valence-electron chi connectivity index (χ1n) is 7.61. The highest BCUT2D eigenvalue weighted by molar-refractivity contribution is 5.96. The quantitative estimate of drug-likeness (QED) is 0.855. The molecule has 1 fully saturated rings. The second kappa shape index (κ2) is 7.35. The molecule has 1 aromatic heterocycles. The van der Waals surface area contributed by atoms with E-state index in [1.807, 2.05) is 27.1 Å². The van der Waals surface area contributed by atoms with Gasteiger partial charge in [-0.3, -0.25) is 9.59 Å². The summed E-state index contributed by atoms with van der Waals surface area (Å²) >= 11 is 0. The van der Waals surface area contributed by atoms with Gasteiger partial charge in [0.1, 0.15) is 5.82 Å². The summed E-state index contributed by atoms with van der Waals surface area (Å²) < 4.78 is 0. The lowest BCUT2D eigenvalue weighted by Crippen LogP contribution is -2.30. The van der Waals surface area contributed by atoms with Crippen LogP contribution in [0, 0.1) is 12.8 Å². The van der Waals surface area contributed by atoms with Crippen molar-refractivity contribution in [3.8, 4) is 0 Å². The number of amides is 2. The number of aromatic nitrogens is 1. The van der Waals surface area contributed by atoms with Crippen molar-refractivity contribution in [2.45, 2.75) is 19.8 Å². The normalized spacial score (nSPS) is 18.1. The fourth-order valence-corrected chi connectivity index (χ4v) is 2.51. The first kappa shape index (κ1) is 16.4. The van der Waals surface area contributed by atoms with Crippen LogP contribution < -0.4 is 5.32 Å². The van der Waals surface area contributed by atoms with Crippen LogP contribution in [0.3, 0.4) is 0 Å². The summed E-state index contributed by atoms with van der Waals surface area (Å²) in [5.41, 5.74) is 1.04. The molecular formula is C16H24N4O2. The summed E-state index contributed by atoms with van der Waals surface area (Å²) in [5.74, 6) is 0.194. The van der Waals surface area contributed by atoms with Gasteiger partial charge in [0, 0.05) is 25.7 Å². The van der Waals surface area contributed by atoms with E-state index >= 15 is 0 Å². The first-order chi connectivity index (χ1) is 10.5.